The SMILES string of the molecule is CCSCCCNc1ccccc1C. The van der Waals surface area contributed by atoms with Crippen molar-refractivity contribution < 1.29 is 0 Å². The Bertz CT molecular complexity index is 260. The van der Waals surface area contributed by atoms with Gasteiger partial charge in [-0.3, -0.25) is 0 Å². The number of thioether (sulfide) groups is 1. The van der Waals surface area contributed by atoms with E-state index >= 15 is 0 Å². The summed E-state index contributed by atoms with van der Waals surface area (Å²) in [4.78, 5) is 0. The summed E-state index contributed by atoms with van der Waals surface area (Å²) in [7, 11) is 0. The molecule has 1 aromatic carbocycles. The van der Waals surface area contributed by atoms with Crippen LogP contribution in [-0.2, 0) is 0 Å². The zero-order valence-corrected chi connectivity index (χ0v) is 9.86. The lowest BCUT2D eigenvalue weighted by atomic mass is 10.2. The third-order valence-corrected chi connectivity index (χ3v) is 3.12. The van der Waals surface area contributed by atoms with Gasteiger partial charge in [-0.25, -0.2) is 0 Å². The first-order chi connectivity index (χ1) is 6.84. The normalized spacial score (nSPS) is 10.1. The number of anilines is 1. The summed E-state index contributed by atoms with van der Waals surface area (Å²) in [5.41, 5.74) is 2.60. The van der Waals surface area contributed by atoms with Crippen LogP contribution in [0.25, 0.3) is 0 Å². The van der Waals surface area contributed by atoms with Gasteiger partial charge in [0.15, 0.2) is 0 Å². The Kier molecular flexibility index (Phi) is 5.53. The van der Waals surface area contributed by atoms with Crippen molar-refractivity contribution in [2.45, 2.75) is 20.3 Å². The van der Waals surface area contributed by atoms with Crippen LogP contribution in [0.4, 0.5) is 5.69 Å². The lowest BCUT2D eigenvalue weighted by molar-refractivity contribution is 0.989. The Morgan fingerprint density at radius 2 is 2.07 bits per heavy atom. The van der Waals surface area contributed by atoms with Crippen molar-refractivity contribution in [1.82, 2.24) is 0 Å². The molecule has 0 atom stereocenters. The first kappa shape index (κ1) is 11.4. The maximum absolute atomic E-state index is 3.46. The molecule has 78 valence electrons. The number of benzene rings is 1. The van der Waals surface area contributed by atoms with Gasteiger partial charge in [0.2, 0.25) is 0 Å². The van der Waals surface area contributed by atoms with Crippen LogP contribution in [0.1, 0.15) is 18.9 Å². The number of para-hydroxylation sites is 1. The predicted molar refractivity (Wildman–Crippen MR) is 67.3 cm³/mol. The molecular weight excluding hydrogens is 190 g/mol. The van der Waals surface area contributed by atoms with Crippen LogP contribution in [0.2, 0.25) is 0 Å². The third kappa shape index (κ3) is 4.05. The van der Waals surface area contributed by atoms with E-state index < -0.39 is 0 Å². The van der Waals surface area contributed by atoms with Crippen LogP contribution in [0, 0.1) is 6.92 Å². The molecule has 0 unspecified atom stereocenters. The van der Waals surface area contributed by atoms with E-state index in [9.17, 15) is 0 Å². The van der Waals surface area contributed by atoms with E-state index in [-0.39, 0.29) is 0 Å². The highest BCUT2D eigenvalue weighted by Crippen LogP contribution is 2.13. The third-order valence-electron chi connectivity index (χ3n) is 2.13. The van der Waals surface area contributed by atoms with E-state index in [0.29, 0.717) is 0 Å². The molecule has 1 N–H and O–H groups in total. The van der Waals surface area contributed by atoms with Crippen LogP contribution in [0.3, 0.4) is 0 Å². The highest BCUT2D eigenvalue weighted by atomic mass is 32.2. The molecule has 0 saturated heterocycles. The van der Waals surface area contributed by atoms with Gasteiger partial charge in [0.05, 0.1) is 0 Å². The van der Waals surface area contributed by atoms with Crippen molar-refractivity contribution in [3.05, 3.63) is 29.8 Å². The summed E-state index contributed by atoms with van der Waals surface area (Å²) in [5, 5.41) is 3.46. The van der Waals surface area contributed by atoms with Crippen LogP contribution in [0.15, 0.2) is 24.3 Å². The zero-order valence-electron chi connectivity index (χ0n) is 9.05. The molecule has 1 nitrogen and oxygen atoms in total. The fraction of sp³-hybridized carbons (Fsp3) is 0.500. The molecule has 0 aliphatic rings. The number of nitrogens with one attached hydrogen (secondary N) is 1. The molecule has 14 heavy (non-hydrogen) atoms. The van der Waals surface area contributed by atoms with E-state index in [0.717, 1.165) is 6.54 Å². The molecule has 0 bridgehead atoms. The topological polar surface area (TPSA) is 12.0 Å². The average Bonchev–Trinajstić information content (AvgIpc) is 2.20. The molecule has 0 heterocycles. The van der Waals surface area contributed by atoms with Crippen molar-refractivity contribution >= 4 is 17.4 Å². The Balaban J connectivity index is 2.21. The highest BCUT2D eigenvalue weighted by molar-refractivity contribution is 7.99. The highest BCUT2D eigenvalue weighted by Gasteiger charge is 1.94. The van der Waals surface area contributed by atoms with Crippen molar-refractivity contribution in [1.29, 1.82) is 0 Å². The maximum atomic E-state index is 3.46. The van der Waals surface area contributed by atoms with Crippen LogP contribution in [-0.4, -0.2) is 18.1 Å². The predicted octanol–water partition coefficient (Wildman–Crippen LogP) is 3.55. The average molecular weight is 209 g/mol. The molecular formula is C12H19NS. The Morgan fingerprint density at radius 1 is 1.29 bits per heavy atom. The number of hydrogen-bond donors (Lipinski definition) is 1. The van der Waals surface area contributed by atoms with Gasteiger partial charge in [-0.2, -0.15) is 11.8 Å². The van der Waals surface area contributed by atoms with E-state index in [1.54, 1.807) is 0 Å². The van der Waals surface area contributed by atoms with Gasteiger partial charge >= 0.3 is 0 Å². The van der Waals surface area contributed by atoms with Gasteiger partial charge in [-0.05, 0) is 36.5 Å². The van der Waals surface area contributed by atoms with Gasteiger partial charge in [0, 0.05) is 12.2 Å². The number of aryl methyl sites for hydroxylation is 1. The van der Waals surface area contributed by atoms with E-state index in [2.05, 4.69) is 43.4 Å². The van der Waals surface area contributed by atoms with Gasteiger partial charge in [0.1, 0.15) is 0 Å². The summed E-state index contributed by atoms with van der Waals surface area (Å²) in [6, 6.07) is 8.44. The monoisotopic (exact) mass is 209 g/mol. The van der Waals surface area contributed by atoms with Crippen molar-refractivity contribution in [3.8, 4) is 0 Å². The second kappa shape index (κ2) is 6.77. The van der Waals surface area contributed by atoms with Crippen LogP contribution in [0.5, 0.6) is 0 Å². The minimum atomic E-state index is 1.08. The summed E-state index contributed by atoms with van der Waals surface area (Å²) >= 11 is 2.01. The van der Waals surface area contributed by atoms with Crippen LogP contribution < -0.4 is 5.32 Å². The molecule has 0 aliphatic heterocycles. The molecule has 0 aromatic heterocycles. The van der Waals surface area contributed by atoms with E-state index in [1.165, 1.54) is 29.2 Å². The molecule has 0 aliphatic carbocycles. The second-order valence-electron chi connectivity index (χ2n) is 3.29. The molecule has 0 amide bonds. The molecule has 1 aromatic rings. The zero-order chi connectivity index (χ0) is 10.2. The fourth-order valence-electron chi connectivity index (χ4n) is 1.31. The van der Waals surface area contributed by atoms with Crippen molar-refractivity contribution in [3.63, 3.8) is 0 Å². The van der Waals surface area contributed by atoms with E-state index in [1.807, 2.05) is 11.8 Å². The molecule has 1 rings (SSSR count). The molecule has 2 heteroatoms. The minimum Gasteiger partial charge on any atom is -0.385 e. The maximum Gasteiger partial charge on any atom is 0.0369 e. The van der Waals surface area contributed by atoms with Crippen LogP contribution >= 0.6 is 11.8 Å². The summed E-state index contributed by atoms with van der Waals surface area (Å²) in [6.07, 6.45) is 1.24. The van der Waals surface area contributed by atoms with Gasteiger partial charge in [-0.15, -0.1) is 0 Å². The largest absolute Gasteiger partial charge is 0.385 e. The lowest BCUT2D eigenvalue weighted by Gasteiger charge is -2.08. The van der Waals surface area contributed by atoms with Crippen molar-refractivity contribution in [2.24, 2.45) is 0 Å². The summed E-state index contributed by atoms with van der Waals surface area (Å²) in [5.74, 6) is 2.49. The summed E-state index contributed by atoms with van der Waals surface area (Å²) < 4.78 is 0. The fourth-order valence-corrected chi connectivity index (χ4v) is 1.95. The first-order valence-corrected chi connectivity index (χ1v) is 6.37. The Morgan fingerprint density at radius 3 is 2.79 bits per heavy atom. The Labute approximate surface area is 91.3 Å². The number of rotatable bonds is 6. The first-order valence-electron chi connectivity index (χ1n) is 5.22. The minimum absolute atomic E-state index is 1.08. The quantitative estimate of drug-likeness (QED) is 0.719. The van der Waals surface area contributed by atoms with Gasteiger partial charge in [0.25, 0.3) is 0 Å². The number of hydrogen-bond acceptors (Lipinski definition) is 2. The Hall–Kier alpha value is -0.630. The summed E-state index contributed by atoms with van der Waals surface area (Å²) in [6.45, 7) is 5.43. The molecule has 0 fully saturated rings. The van der Waals surface area contributed by atoms with Crippen molar-refractivity contribution in [2.75, 3.05) is 23.4 Å². The van der Waals surface area contributed by atoms with Gasteiger partial charge < -0.3 is 5.32 Å². The molecule has 0 radical (unpaired) electrons. The second-order valence-corrected chi connectivity index (χ2v) is 4.69. The molecule has 0 spiro atoms. The standard InChI is InChI=1S/C12H19NS/c1-3-14-10-6-9-13-12-8-5-4-7-11(12)2/h4-5,7-8,13H,3,6,9-10H2,1-2H3. The van der Waals surface area contributed by atoms with Gasteiger partial charge in [-0.1, -0.05) is 25.1 Å². The molecule has 0 saturated carbocycles. The smallest absolute Gasteiger partial charge is 0.0369 e. The lowest BCUT2D eigenvalue weighted by Crippen LogP contribution is -2.03. The van der Waals surface area contributed by atoms with E-state index in [4.69, 9.17) is 0 Å².